The molecule has 2 rings (SSSR count). The van der Waals surface area contributed by atoms with Gasteiger partial charge in [0, 0.05) is 42.3 Å². The fraction of sp³-hybridized carbons (Fsp3) is 0.188. The quantitative estimate of drug-likeness (QED) is 0.365. The molecule has 0 bridgehead atoms. The maximum atomic E-state index is 10.8. The molecule has 0 amide bonds. The van der Waals surface area contributed by atoms with Gasteiger partial charge in [0.25, 0.3) is 5.69 Å². The molecule has 0 spiro atoms. The second kappa shape index (κ2) is 8.52. The number of nitrogens with one attached hydrogen (secondary N) is 2. The Bertz CT molecular complexity index is 765. The summed E-state index contributed by atoms with van der Waals surface area (Å²) in [6.45, 7) is 0.889. The summed E-state index contributed by atoms with van der Waals surface area (Å²) in [7, 11) is 1.65. The summed E-state index contributed by atoms with van der Waals surface area (Å²) in [5.74, 6) is 0.563. The summed E-state index contributed by atoms with van der Waals surface area (Å²) in [5, 5.41) is 18.2. The summed E-state index contributed by atoms with van der Waals surface area (Å²) in [6, 6.07) is 11.7. The molecular formula is C16H16Cl2N4O2. The van der Waals surface area contributed by atoms with Gasteiger partial charge >= 0.3 is 0 Å². The predicted octanol–water partition coefficient (Wildman–Crippen LogP) is 3.77. The third-order valence-corrected chi connectivity index (χ3v) is 3.85. The van der Waals surface area contributed by atoms with Gasteiger partial charge in [0.15, 0.2) is 5.96 Å². The second-order valence-corrected chi connectivity index (χ2v) is 5.79. The lowest BCUT2D eigenvalue weighted by Crippen LogP contribution is -2.36. The van der Waals surface area contributed by atoms with Crippen molar-refractivity contribution in [3.63, 3.8) is 0 Å². The molecule has 0 saturated heterocycles. The monoisotopic (exact) mass is 366 g/mol. The number of hydrogen-bond acceptors (Lipinski definition) is 3. The van der Waals surface area contributed by atoms with E-state index in [1.165, 1.54) is 12.1 Å². The lowest BCUT2D eigenvalue weighted by atomic mass is 10.2. The standard InChI is InChI=1S/C16H16Cl2N4O2/c1-19-16(21-10-12-5-6-13(17)8-15(12)18)20-9-11-3-2-4-14(7-11)22(23)24/h2-8H,9-10H2,1H3,(H2,19,20,21). The molecule has 8 heteroatoms. The number of non-ortho nitro benzene ring substituents is 1. The zero-order valence-corrected chi connectivity index (χ0v) is 14.4. The molecule has 0 unspecified atom stereocenters. The minimum atomic E-state index is -0.418. The molecule has 2 aromatic carbocycles. The number of halogens is 2. The number of aliphatic imine (C=N–C) groups is 1. The molecule has 0 atom stereocenters. The maximum Gasteiger partial charge on any atom is 0.269 e. The van der Waals surface area contributed by atoms with E-state index in [9.17, 15) is 10.1 Å². The van der Waals surface area contributed by atoms with E-state index in [1.807, 2.05) is 12.1 Å². The van der Waals surface area contributed by atoms with Gasteiger partial charge in [-0.2, -0.15) is 0 Å². The van der Waals surface area contributed by atoms with Crippen molar-refractivity contribution in [1.82, 2.24) is 10.6 Å². The highest BCUT2D eigenvalue weighted by Gasteiger charge is 2.07. The molecule has 126 valence electrons. The van der Waals surface area contributed by atoms with E-state index in [1.54, 1.807) is 25.2 Å². The zero-order valence-electron chi connectivity index (χ0n) is 12.9. The van der Waals surface area contributed by atoms with E-state index in [4.69, 9.17) is 23.2 Å². The van der Waals surface area contributed by atoms with Crippen LogP contribution >= 0.6 is 23.2 Å². The summed E-state index contributed by atoms with van der Waals surface area (Å²) < 4.78 is 0. The van der Waals surface area contributed by atoms with Crippen molar-refractivity contribution >= 4 is 34.8 Å². The highest BCUT2D eigenvalue weighted by atomic mass is 35.5. The Labute approximate surface area is 149 Å². The average molecular weight is 367 g/mol. The summed E-state index contributed by atoms with van der Waals surface area (Å²) in [5.41, 5.74) is 1.74. The second-order valence-electron chi connectivity index (χ2n) is 4.94. The first-order valence-electron chi connectivity index (χ1n) is 7.11. The van der Waals surface area contributed by atoms with Crippen LogP contribution in [0.4, 0.5) is 5.69 Å². The van der Waals surface area contributed by atoms with Crippen molar-refractivity contribution in [3.05, 3.63) is 73.8 Å². The molecule has 0 fully saturated rings. The number of guanidine groups is 1. The van der Waals surface area contributed by atoms with Crippen LogP contribution in [0.5, 0.6) is 0 Å². The molecular weight excluding hydrogens is 351 g/mol. The van der Waals surface area contributed by atoms with E-state index >= 15 is 0 Å². The Balaban J connectivity index is 1.93. The van der Waals surface area contributed by atoms with Gasteiger partial charge in [-0.3, -0.25) is 15.1 Å². The first-order chi connectivity index (χ1) is 11.5. The highest BCUT2D eigenvalue weighted by Crippen LogP contribution is 2.20. The molecule has 0 saturated carbocycles. The molecule has 0 aliphatic heterocycles. The lowest BCUT2D eigenvalue weighted by Gasteiger charge is -2.13. The Morgan fingerprint density at radius 2 is 1.92 bits per heavy atom. The smallest absolute Gasteiger partial charge is 0.269 e. The SMILES string of the molecule is CN=C(NCc1cccc([N+](=O)[O-])c1)NCc1ccc(Cl)cc1Cl. The lowest BCUT2D eigenvalue weighted by molar-refractivity contribution is -0.384. The van der Waals surface area contributed by atoms with Crippen LogP contribution in [-0.4, -0.2) is 17.9 Å². The number of nitro benzene ring substituents is 1. The van der Waals surface area contributed by atoms with E-state index in [0.717, 1.165) is 11.1 Å². The van der Waals surface area contributed by atoms with Gasteiger partial charge in [0.2, 0.25) is 0 Å². The van der Waals surface area contributed by atoms with E-state index in [2.05, 4.69) is 15.6 Å². The van der Waals surface area contributed by atoms with E-state index < -0.39 is 4.92 Å². The molecule has 6 nitrogen and oxygen atoms in total. The normalized spacial score (nSPS) is 11.2. The van der Waals surface area contributed by atoms with Gasteiger partial charge in [0.1, 0.15) is 0 Å². The van der Waals surface area contributed by atoms with Crippen molar-refractivity contribution < 1.29 is 4.92 Å². The van der Waals surface area contributed by atoms with Crippen molar-refractivity contribution in [2.24, 2.45) is 4.99 Å². The van der Waals surface area contributed by atoms with Crippen molar-refractivity contribution in [2.45, 2.75) is 13.1 Å². The molecule has 2 N–H and O–H groups in total. The number of nitro groups is 1. The average Bonchev–Trinajstić information content (AvgIpc) is 2.56. The van der Waals surface area contributed by atoms with Crippen molar-refractivity contribution in [2.75, 3.05) is 7.05 Å². The van der Waals surface area contributed by atoms with E-state index in [0.29, 0.717) is 29.1 Å². The Morgan fingerprint density at radius 3 is 2.58 bits per heavy atom. The molecule has 24 heavy (non-hydrogen) atoms. The highest BCUT2D eigenvalue weighted by molar-refractivity contribution is 6.35. The summed E-state index contributed by atoms with van der Waals surface area (Å²) in [6.07, 6.45) is 0. The molecule has 0 aliphatic rings. The molecule has 0 aromatic heterocycles. The Hall–Kier alpha value is -2.31. The Kier molecular flexibility index (Phi) is 6.40. The molecule has 2 aromatic rings. The third kappa shape index (κ3) is 5.11. The largest absolute Gasteiger partial charge is 0.352 e. The fourth-order valence-electron chi connectivity index (χ4n) is 2.03. The van der Waals surface area contributed by atoms with Crippen LogP contribution in [0.1, 0.15) is 11.1 Å². The minimum absolute atomic E-state index is 0.0604. The minimum Gasteiger partial charge on any atom is -0.352 e. The number of rotatable bonds is 5. The van der Waals surface area contributed by atoms with Crippen LogP contribution < -0.4 is 10.6 Å². The third-order valence-electron chi connectivity index (χ3n) is 3.27. The van der Waals surface area contributed by atoms with Crippen molar-refractivity contribution in [3.8, 4) is 0 Å². The van der Waals surface area contributed by atoms with E-state index in [-0.39, 0.29) is 5.69 Å². The number of hydrogen-bond donors (Lipinski definition) is 2. The zero-order chi connectivity index (χ0) is 17.5. The first-order valence-corrected chi connectivity index (χ1v) is 7.87. The van der Waals surface area contributed by atoms with Crippen LogP contribution in [0.2, 0.25) is 10.0 Å². The van der Waals surface area contributed by atoms with Gasteiger partial charge in [-0.05, 0) is 23.3 Å². The van der Waals surface area contributed by atoms with Crippen LogP contribution in [0, 0.1) is 10.1 Å². The van der Waals surface area contributed by atoms with Crippen LogP contribution in [-0.2, 0) is 13.1 Å². The van der Waals surface area contributed by atoms with Crippen molar-refractivity contribution in [1.29, 1.82) is 0 Å². The fourth-order valence-corrected chi connectivity index (χ4v) is 2.51. The van der Waals surface area contributed by atoms with Crippen LogP contribution in [0.3, 0.4) is 0 Å². The van der Waals surface area contributed by atoms with Gasteiger partial charge in [-0.15, -0.1) is 0 Å². The number of nitrogens with zero attached hydrogens (tertiary/aromatic N) is 2. The Morgan fingerprint density at radius 1 is 1.17 bits per heavy atom. The molecule has 0 aliphatic carbocycles. The maximum absolute atomic E-state index is 10.8. The van der Waals surface area contributed by atoms with Gasteiger partial charge in [0.05, 0.1) is 4.92 Å². The van der Waals surface area contributed by atoms with Gasteiger partial charge in [-0.1, -0.05) is 41.4 Å². The predicted molar refractivity (Wildman–Crippen MR) is 96.6 cm³/mol. The molecule has 0 radical (unpaired) electrons. The summed E-state index contributed by atoms with van der Waals surface area (Å²) >= 11 is 12.0. The summed E-state index contributed by atoms with van der Waals surface area (Å²) in [4.78, 5) is 14.5. The topological polar surface area (TPSA) is 79.6 Å². The van der Waals surface area contributed by atoms with Gasteiger partial charge in [-0.25, -0.2) is 0 Å². The molecule has 0 heterocycles. The number of benzene rings is 2. The van der Waals surface area contributed by atoms with Crippen LogP contribution in [0.25, 0.3) is 0 Å². The van der Waals surface area contributed by atoms with Crippen LogP contribution in [0.15, 0.2) is 47.5 Å². The first kappa shape index (κ1) is 18.0. The van der Waals surface area contributed by atoms with Gasteiger partial charge < -0.3 is 10.6 Å².